The molecule has 3 saturated heterocycles. The van der Waals surface area contributed by atoms with E-state index in [-0.39, 0.29) is 17.8 Å². The van der Waals surface area contributed by atoms with Crippen molar-refractivity contribution in [2.24, 2.45) is 13.0 Å². The molecule has 0 radical (unpaired) electrons. The first-order chi connectivity index (χ1) is 19.8. The number of fused-ring (bicyclic) bond motifs is 1. The normalized spacial score (nSPS) is 28.1. The number of anilines is 2. The van der Waals surface area contributed by atoms with Gasteiger partial charge in [0, 0.05) is 87.8 Å². The van der Waals surface area contributed by atoms with Crippen LogP contribution < -0.4 is 9.80 Å². The highest BCUT2D eigenvalue weighted by Crippen LogP contribution is 2.53. The molecule has 9 nitrogen and oxygen atoms in total. The van der Waals surface area contributed by atoms with Gasteiger partial charge in [0.15, 0.2) is 0 Å². The standard InChI is InChI=1S/C31H45F2N7O2/c1-18-16-34-36(7)28(18)21-8-9-39(24-14-22(21)24)26-15-23(19(2)27(35-26)29(32)33)40-17-25(20(40)3)37-10-12-38(13-11-37)30(41)42-31(4,5)6/h15-16,20-22,24-25,29H,8-14,17H2,1-7H3/t20-,21+,22+,24+,25-/m1/s1. The number of alkyl halides is 2. The number of halogens is 2. The highest BCUT2D eigenvalue weighted by molar-refractivity contribution is 5.68. The number of hydrogen-bond donors (Lipinski definition) is 0. The molecular weight excluding hydrogens is 540 g/mol. The molecule has 1 amide bonds. The Balaban J connectivity index is 1.15. The molecule has 230 valence electrons. The van der Waals surface area contributed by atoms with Crippen molar-refractivity contribution in [3.63, 3.8) is 0 Å². The summed E-state index contributed by atoms with van der Waals surface area (Å²) >= 11 is 0. The Morgan fingerprint density at radius 3 is 2.38 bits per heavy atom. The molecule has 0 N–H and O–H groups in total. The summed E-state index contributed by atoms with van der Waals surface area (Å²) in [7, 11) is 2.01. The second-order valence-corrected chi connectivity index (χ2v) is 13.7. The SMILES string of the molecule is Cc1cnn(C)c1[C@H]1CCN(c2cc(N3C[C@@H](N4CCN(C(=O)OC(C)(C)C)CC4)[C@H]3C)c(C)c(C(F)F)n2)[C@H]2C[C@@H]12. The van der Waals surface area contributed by atoms with Gasteiger partial charge in [-0.15, -0.1) is 0 Å². The van der Waals surface area contributed by atoms with Gasteiger partial charge < -0.3 is 19.4 Å². The molecule has 3 aliphatic heterocycles. The van der Waals surface area contributed by atoms with Gasteiger partial charge in [0.2, 0.25) is 0 Å². The fraction of sp³-hybridized carbons (Fsp3) is 0.710. The van der Waals surface area contributed by atoms with Gasteiger partial charge in [0.1, 0.15) is 17.1 Å². The molecule has 11 heteroatoms. The van der Waals surface area contributed by atoms with Gasteiger partial charge in [-0.3, -0.25) is 9.58 Å². The molecule has 4 fully saturated rings. The third-order valence-electron chi connectivity index (χ3n) is 9.88. The number of piperazine rings is 1. The van der Waals surface area contributed by atoms with Crippen molar-refractivity contribution in [1.29, 1.82) is 0 Å². The fourth-order valence-corrected chi connectivity index (χ4v) is 7.51. The number of hydrogen-bond acceptors (Lipinski definition) is 7. The highest BCUT2D eigenvalue weighted by Gasteiger charge is 2.52. The zero-order valence-electron chi connectivity index (χ0n) is 26.0. The van der Waals surface area contributed by atoms with Crippen LogP contribution in [0, 0.1) is 19.8 Å². The van der Waals surface area contributed by atoms with Crippen molar-refractivity contribution in [1.82, 2.24) is 24.6 Å². The average molecular weight is 586 g/mol. The summed E-state index contributed by atoms with van der Waals surface area (Å²) in [4.78, 5) is 25.8. The van der Waals surface area contributed by atoms with Crippen LogP contribution in [-0.4, -0.2) is 93.7 Å². The van der Waals surface area contributed by atoms with Crippen molar-refractivity contribution in [3.8, 4) is 0 Å². The fourth-order valence-electron chi connectivity index (χ4n) is 7.51. The van der Waals surface area contributed by atoms with Gasteiger partial charge in [-0.1, -0.05) is 0 Å². The van der Waals surface area contributed by atoms with Crippen molar-refractivity contribution in [2.75, 3.05) is 49.1 Å². The average Bonchev–Trinajstić information content (AvgIpc) is 3.66. The van der Waals surface area contributed by atoms with Crippen LogP contribution in [0.3, 0.4) is 0 Å². The Bertz CT molecular complexity index is 1310. The molecular formula is C31H45F2N7O2. The predicted molar refractivity (Wildman–Crippen MR) is 158 cm³/mol. The summed E-state index contributed by atoms with van der Waals surface area (Å²) in [5.41, 5.74) is 3.36. The van der Waals surface area contributed by atoms with Crippen LogP contribution in [0.2, 0.25) is 0 Å². The van der Waals surface area contributed by atoms with Crippen LogP contribution in [-0.2, 0) is 11.8 Å². The quantitative estimate of drug-likeness (QED) is 0.495. The number of aryl methyl sites for hydroxylation is 2. The molecule has 5 heterocycles. The van der Waals surface area contributed by atoms with E-state index in [0.717, 1.165) is 44.7 Å². The van der Waals surface area contributed by atoms with Crippen LogP contribution in [0.5, 0.6) is 0 Å². The molecule has 1 saturated carbocycles. The lowest BCUT2D eigenvalue weighted by Crippen LogP contribution is -2.68. The highest BCUT2D eigenvalue weighted by atomic mass is 19.3. The van der Waals surface area contributed by atoms with E-state index < -0.39 is 12.0 Å². The van der Waals surface area contributed by atoms with Crippen LogP contribution in [0.1, 0.15) is 75.4 Å². The third kappa shape index (κ3) is 5.22. The summed E-state index contributed by atoms with van der Waals surface area (Å²) in [5, 5.41) is 4.46. The van der Waals surface area contributed by atoms with Gasteiger partial charge in [-0.05, 0) is 71.4 Å². The zero-order valence-corrected chi connectivity index (χ0v) is 26.0. The molecule has 0 bridgehead atoms. The molecule has 5 atom stereocenters. The lowest BCUT2D eigenvalue weighted by atomic mass is 9.90. The number of carbonyl (C=O) groups is 1. The Morgan fingerprint density at radius 2 is 1.79 bits per heavy atom. The number of pyridine rings is 1. The predicted octanol–water partition coefficient (Wildman–Crippen LogP) is 4.88. The first-order valence-corrected chi connectivity index (χ1v) is 15.4. The topological polar surface area (TPSA) is 70.0 Å². The number of piperidine rings is 1. The number of carbonyl (C=O) groups excluding carboxylic acids is 1. The summed E-state index contributed by atoms with van der Waals surface area (Å²) in [5.74, 6) is 1.63. The van der Waals surface area contributed by atoms with E-state index >= 15 is 0 Å². The summed E-state index contributed by atoms with van der Waals surface area (Å²) in [6.45, 7) is 16.1. The molecule has 0 unspecified atom stereocenters. The molecule has 1 aliphatic carbocycles. The molecule has 0 aromatic carbocycles. The zero-order chi connectivity index (χ0) is 30.1. The van der Waals surface area contributed by atoms with Crippen LogP contribution in [0.4, 0.5) is 25.1 Å². The molecule has 2 aromatic rings. The van der Waals surface area contributed by atoms with E-state index in [1.165, 1.54) is 11.3 Å². The molecule has 2 aromatic heterocycles. The molecule has 6 rings (SSSR count). The maximum atomic E-state index is 14.3. The molecule has 42 heavy (non-hydrogen) atoms. The largest absolute Gasteiger partial charge is 0.444 e. The van der Waals surface area contributed by atoms with E-state index in [1.807, 2.05) is 38.7 Å². The number of nitrogens with zero attached hydrogens (tertiary/aromatic N) is 7. The number of aromatic nitrogens is 3. The smallest absolute Gasteiger partial charge is 0.410 e. The first-order valence-electron chi connectivity index (χ1n) is 15.4. The Hall–Kier alpha value is -2.95. The number of rotatable bonds is 5. The van der Waals surface area contributed by atoms with Gasteiger partial charge in [0.05, 0.1) is 6.20 Å². The summed E-state index contributed by atoms with van der Waals surface area (Å²) in [6.07, 6.45) is 1.07. The van der Waals surface area contributed by atoms with E-state index in [0.29, 0.717) is 48.4 Å². The van der Waals surface area contributed by atoms with Gasteiger partial charge in [0.25, 0.3) is 6.43 Å². The van der Waals surface area contributed by atoms with Gasteiger partial charge >= 0.3 is 6.09 Å². The monoisotopic (exact) mass is 585 g/mol. The molecule has 0 spiro atoms. The minimum atomic E-state index is -2.62. The van der Waals surface area contributed by atoms with Crippen molar-refractivity contribution >= 4 is 17.6 Å². The maximum absolute atomic E-state index is 14.3. The van der Waals surface area contributed by atoms with Crippen molar-refractivity contribution in [2.45, 2.75) is 90.5 Å². The Labute approximate surface area is 247 Å². The lowest BCUT2D eigenvalue weighted by Gasteiger charge is -2.54. The van der Waals surface area contributed by atoms with Crippen LogP contribution in [0.25, 0.3) is 0 Å². The second kappa shape index (κ2) is 10.6. The maximum Gasteiger partial charge on any atom is 0.410 e. The van der Waals surface area contributed by atoms with Gasteiger partial charge in [-0.25, -0.2) is 18.6 Å². The molecule has 4 aliphatic rings. The van der Waals surface area contributed by atoms with E-state index in [9.17, 15) is 13.6 Å². The lowest BCUT2D eigenvalue weighted by molar-refractivity contribution is 0.00576. The first kappa shape index (κ1) is 29.1. The van der Waals surface area contributed by atoms with E-state index in [4.69, 9.17) is 4.74 Å². The van der Waals surface area contributed by atoms with E-state index in [2.05, 4.69) is 44.7 Å². The summed E-state index contributed by atoms with van der Waals surface area (Å²) in [6, 6.07) is 2.86. The van der Waals surface area contributed by atoms with E-state index in [1.54, 1.807) is 11.8 Å². The van der Waals surface area contributed by atoms with Gasteiger partial charge in [-0.2, -0.15) is 5.10 Å². The van der Waals surface area contributed by atoms with Crippen LogP contribution in [0.15, 0.2) is 12.3 Å². The number of ether oxygens (including phenoxy) is 1. The summed E-state index contributed by atoms with van der Waals surface area (Å²) < 4.78 is 36.1. The minimum absolute atomic E-state index is 0.106. The van der Waals surface area contributed by atoms with Crippen molar-refractivity contribution < 1.29 is 18.3 Å². The Kier molecular flexibility index (Phi) is 7.38. The van der Waals surface area contributed by atoms with Crippen LogP contribution >= 0.6 is 0 Å². The number of amides is 1. The van der Waals surface area contributed by atoms with Crippen molar-refractivity contribution in [3.05, 3.63) is 34.8 Å². The third-order valence-corrected chi connectivity index (χ3v) is 9.88. The minimum Gasteiger partial charge on any atom is -0.444 e. The Morgan fingerprint density at radius 1 is 1.07 bits per heavy atom. The second-order valence-electron chi connectivity index (χ2n) is 13.7.